The molecule has 0 spiro atoms. The van der Waals surface area contributed by atoms with Gasteiger partial charge in [-0.05, 0) is 50.1 Å². The zero-order valence-corrected chi connectivity index (χ0v) is 12.6. The van der Waals surface area contributed by atoms with Gasteiger partial charge in [0.05, 0.1) is 6.10 Å². The fourth-order valence-corrected chi connectivity index (χ4v) is 3.03. The SMILES string of the molecule is CCC(O)C1CCCCN1CCC(=O)c1ccc(F)cc1. The third-order valence-corrected chi connectivity index (χ3v) is 4.32. The number of piperidine rings is 1. The lowest BCUT2D eigenvalue weighted by Gasteiger charge is -2.38. The van der Waals surface area contributed by atoms with Crippen molar-refractivity contribution in [1.82, 2.24) is 4.90 Å². The van der Waals surface area contributed by atoms with Gasteiger partial charge in [0.25, 0.3) is 0 Å². The molecule has 1 heterocycles. The molecule has 0 aromatic heterocycles. The summed E-state index contributed by atoms with van der Waals surface area (Å²) in [7, 11) is 0. The molecule has 0 saturated carbocycles. The van der Waals surface area contributed by atoms with E-state index in [0.29, 0.717) is 18.5 Å². The van der Waals surface area contributed by atoms with E-state index in [2.05, 4.69) is 4.90 Å². The highest BCUT2D eigenvalue weighted by Crippen LogP contribution is 2.21. The number of halogens is 1. The van der Waals surface area contributed by atoms with Gasteiger partial charge in [-0.3, -0.25) is 9.69 Å². The highest BCUT2D eigenvalue weighted by Gasteiger charge is 2.27. The van der Waals surface area contributed by atoms with Crippen molar-refractivity contribution in [2.45, 2.75) is 51.2 Å². The molecule has 3 nitrogen and oxygen atoms in total. The number of benzene rings is 1. The topological polar surface area (TPSA) is 40.5 Å². The van der Waals surface area contributed by atoms with E-state index in [1.165, 1.54) is 24.3 Å². The number of aliphatic hydroxyl groups is 1. The molecule has 1 aromatic carbocycles. The number of hydrogen-bond acceptors (Lipinski definition) is 3. The molecule has 4 heteroatoms. The van der Waals surface area contributed by atoms with Crippen molar-refractivity contribution in [2.75, 3.05) is 13.1 Å². The minimum absolute atomic E-state index is 0.0327. The third kappa shape index (κ3) is 4.35. The first-order valence-electron chi connectivity index (χ1n) is 7.82. The number of Topliss-reactive ketones (excluding diaryl/α,β-unsaturated/α-hetero) is 1. The Balaban J connectivity index is 1.91. The second-order valence-corrected chi connectivity index (χ2v) is 5.75. The van der Waals surface area contributed by atoms with Crippen LogP contribution in [-0.2, 0) is 0 Å². The Bertz CT molecular complexity index is 460. The zero-order valence-electron chi connectivity index (χ0n) is 12.6. The predicted octanol–water partition coefficient (Wildman–Crippen LogP) is 3.02. The second-order valence-electron chi connectivity index (χ2n) is 5.75. The van der Waals surface area contributed by atoms with Crippen molar-refractivity contribution in [3.05, 3.63) is 35.6 Å². The first-order chi connectivity index (χ1) is 10.1. The zero-order chi connectivity index (χ0) is 15.2. The van der Waals surface area contributed by atoms with Crippen molar-refractivity contribution in [3.63, 3.8) is 0 Å². The van der Waals surface area contributed by atoms with Crippen molar-refractivity contribution in [2.24, 2.45) is 0 Å². The molecule has 1 fully saturated rings. The highest BCUT2D eigenvalue weighted by molar-refractivity contribution is 5.96. The molecule has 1 saturated heterocycles. The van der Waals surface area contributed by atoms with E-state index < -0.39 is 0 Å². The molecule has 0 bridgehead atoms. The Kier molecular flexibility index (Phi) is 5.88. The van der Waals surface area contributed by atoms with Crippen molar-refractivity contribution >= 4 is 5.78 Å². The molecule has 1 aliphatic rings. The number of nitrogens with zero attached hydrogens (tertiary/aromatic N) is 1. The normalized spacial score (nSPS) is 21.2. The maximum atomic E-state index is 12.9. The molecule has 0 radical (unpaired) electrons. The summed E-state index contributed by atoms with van der Waals surface area (Å²) in [6.07, 6.45) is 4.11. The van der Waals surface area contributed by atoms with Crippen LogP contribution < -0.4 is 0 Å². The largest absolute Gasteiger partial charge is 0.392 e. The summed E-state index contributed by atoms with van der Waals surface area (Å²) in [6, 6.07) is 5.87. The number of carbonyl (C=O) groups excluding carboxylic acids is 1. The third-order valence-electron chi connectivity index (χ3n) is 4.32. The van der Waals surface area contributed by atoms with Gasteiger partial charge in [0, 0.05) is 24.6 Å². The van der Waals surface area contributed by atoms with Crippen LogP contribution in [-0.4, -0.2) is 41.0 Å². The minimum Gasteiger partial charge on any atom is -0.392 e. The Morgan fingerprint density at radius 1 is 1.38 bits per heavy atom. The Morgan fingerprint density at radius 2 is 2.10 bits per heavy atom. The standard InChI is InChI=1S/C17H24FNO2/c1-2-16(20)15-5-3-4-11-19(15)12-10-17(21)13-6-8-14(18)9-7-13/h6-9,15-16,20H,2-5,10-12H2,1H3. The monoisotopic (exact) mass is 293 g/mol. The van der Waals surface area contributed by atoms with Gasteiger partial charge in [0.15, 0.2) is 5.78 Å². The van der Waals surface area contributed by atoms with Crippen LogP contribution in [0.3, 0.4) is 0 Å². The number of carbonyl (C=O) groups is 1. The molecular formula is C17H24FNO2. The Hall–Kier alpha value is -1.26. The first kappa shape index (κ1) is 16.1. The van der Waals surface area contributed by atoms with Gasteiger partial charge in [-0.25, -0.2) is 4.39 Å². The first-order valence-corrected chi connectivity index (χ1v) is 7.82. The van der Waals surface area contributed by atoms with Crippen LogP contribution in [0.25, 0.3) is 0 Å². The van der Waals surface area contributed by atoms with Gasteiger partial charge in [-0.2, -0.15) is 0 Å². The summed E-state index contributed by atoms with van der Waals surface area (Å²) >= 11 is 0. The van der Waals surface area contributed by atoms with Gasteiger partial charge in [-0.1, -0.05) is 13.3 Å². The van der Waals surface area contributed by atoms with Gasteiger partial charge in [0.2, 0.25) is 0 Å². The highest BCUT2D eigenvalue weighted by atomic mass is 19.1. The quantitative estimate of drug-likeness (QED) is 0.820. The van der Waals surface area contributed by atoms with Crippen molar-refractivity contribution < 1.29 is 14.3 Å². The molecule has 0 aliphatic carbocycles. The van der Waals surface area contributed by atoms with E-state index in [1.54, 1.807) is 0 Å². The maximum Gasteiger partial charge on any atom is 0.164 e. The van der Waals surface area contributed by atoms with Crippen molar-refractivity contribution in [3.8, 4) is 0 Å². The molecule has 2 rings (SSSR count). The molecular weight excluding hydrogens is 269 g/mol. The molecule has 116 valence electrons. The summed E-state index contributed by atoms with van der Waals surface area (Å²) in [5.41, 5.74) is 0.556. The van der Waals surface area contributed by atoms with Crippen LogP contribution in [0, 0.1) is 5.82 Å². The fourth-order valence-electron chi connectivity index (χ4n) is 3.03. The summed E-state index contributed by atoms with van der Waals surface area (Å²) in [6.45, 7) is 3.59. The minimum atomic E-state index is -0.325. The van der Waals surface area contributed by atoms with Crippen LogP contribution in [0.15, 0.2) is 24.3 Å². The molecule has 21 heavy (non-hydrogen) atoms. The molecule has 1 aliphatic heterocycles. The van der Waals surface area contributed by atoms with E-state index in [1.807, 2.05) is 6.92 Å². The molecule has 2 atom stereocenters. The molecule has 1 N–H and O–H groups in total. The van der Waals surface area contributed by atoms with Crippen LogP contribution in [0.2, 0.25) is 0 Å². The number of likely N-dealkylation sites (tertiary alicyclic amines) is 1. The lowest BCUT2D eigenvalue weighted by molar-refractivity contribution is 0.0235. The van der Waals surface area contributed by atoms with E-state index in [-0.39, 0.29) is 23.7 Å². The lowest BCUT2D eigenvalue weighted by atomic mass is 9.95. The fraction of sp³-hybridized carbons (Fsp3) is 0.588. The number of hydrogen-bond donors (Lipinski definition) is 1. The summed E-state index contributed by atoms with van der Waals surface area (Å²) < 4.78 is 12.9. The number of ketones is 1. The summed E-state index contributed by atoms with van der Waals surface area (Å²) in [5.74, 6) is -0.293. The van der Waals surface area contributed by atoms with Gasteiger partial charge in [-0.15, -0.1) is 0 Å². The van der Waals surface area contributed by atoms with E-state index >= 15 is 0 Å². The molecule has 1 aromatic rings. The van der Waals surface area contributed by atoms with E-state index in [0.717, 1.165) is 32.2 Å². The molecule has 2 unspecified atom stereocenters. The average molecular weight is 293 g/mol. The van der Waals surface area contributed by atoms with Crippen LogP contribution in [0.4, 0.5) is 4.39 Å². The van der Waals surface area contributed by atoms with Gasteiger partial charge in [0.1, 0.15) is 5.82 Å². The number of rotatable bonds is 6. The van der Waals surface area contributed by atoms with Gasteiger partial charge >= 0.3 is 0 Å². The predicted molar refractivity (Wildman–Crippen MR) is 80.9 cm³/mol. The van der Waals surface area contributed by atoms with Gasteiger partial charge < -0.3 is 5.11 Å². The Labute approximate surface area is 125 Å². The van der Waals surface area contributed by atoms with Crippen LogP contribution >= 0.6 is 0 Å². The average Bonchev–Trinajstić information content (AvgIpc) is 2.52. The number of aliphatic hydroxyl groups excluding tert-OH is 1. The lowest BCUT2D eigenvalue weighted by Crippen LogP contribution is -2.47. The van der Waals surface area contributed by atoms with Crippen LogP contribution in [0.5, 0.6) is 0 Å². The summed E-state index contributed by atoms with van der Waals surface area (Å²) in [4.78, 5) is 14.4. The van der Waals surface area contributed by atoms with Crippen molar-refractivity contribution in [1.29, 1.82) is 0 Å². The Morgan fingerprint density at radius 3 is 2.76 bits per heavy atom. The van der Waals surface area contributed by atoms with E-state index in [4.69, 9.17) is 0 Å². The molecule has 0 amide bonds. The summed E-state index contributed by atoms with van der Waals surface area (Å²) in [5, 5.41) is 10.1. The smallest absolute Gasteiger partial charge is 0.164 e. The maximum absolute atomic E-state index is 12.9. The second kappa shape index (κ2) is 7.66. The van der Waals surface area contributed by atoms with E-state index in [9.17, 15) is 14.3 Å². The van der Waals surface area contributed by atoms with Crippen LogP contribution in [0.1, 0.15) is 49.4 Å².